The van der Waals surface area contributed by atoms with Gasteiger partial charge in [0, 0.05) is 92.9 Å². The Labute approximate surface area is 298 Å². The molecule has 2 aliphatic heterocycles. The standard InChI is InChI=1S/C37H48N8O6/c1-42-20-26(19-40-42)21-43-12-6-7-13-45(37(47)27-10-11-38-33(16-27)49-3)24-32(46)39-18-25-9-8-14-44(22-25)36-28(23-43)15-29-30(41-36)17-31(48-2)35(51-5)34(29)50-4/h10-11,15-17,19-20,25H,6-9,12-14,18,21-24H2,1-5H3,(H,39,46). The summed E-state index contributed by atoms with van der Waals surface area (Å²) in [5, 5.41) is 8.39. The first-order chi connectivity index (χ1) is 24.8. The fraction of sp³-hybridized carbons (Fsp3) is 0.486. The van der Waals surface area contributed by atoms with E-state index < -0.39 is 0 Å². The zero-order chi connectivity index (χ0) is 35.9. The Hall–Kier alpha value is -5.11. The van der Waals surface area contributed by atoms with Crippen LogP contribution in [0.5, 0.6) is 23.1 Å². The van der Waals surface area contributed by atoms with Crippen molar-refractivity contribution in [2.75, 3.05) is 72.6 Å². The van der Waals surface area contributed by atoms with E-state index in [2.05, 4.69) is 31.3 Å². The number of fused-ring (bicyclic) bond motifs is 5. The number of aryl methyl sites for hydroxylation is 1. The quantitative estimate of drug-likeness (QED) is 0.303. The summed E-state index contributed by atoms with van der Waals surface area (Å²) in [6, 6.07) is 7.35. The van der Waals surface area contributed by atoms with Crippen LogP contribution < -0.4 is 29.2 Å². The third kappa shape index (κ3) is 8.28. The zero-order valence-electron chi connectivity index (χ0n) is 30.2. The smallest absolute Gasteiger partial charge is 0.254 e. The van der Waals surface area contributed by atoms with Gasteiger partial charge in [-0.25, -0.2) is 9.97 Å². The van der Waals surface area contributed by atoms with Crippen LogP contribution in [0.3, 0.4) is 0 Å². The SMILES string of the molecule is COc1cc(C(=O)N2CCCCN(Cc3cnn(C)c3)Cc3cc4c(OC)c(OC)c(OC)cc4nc3N3CCCC(CNC(=O)C2)C3)ccn1. The maximum atomic E-state index is 13.7. The Kier molecular flexibility index (Phi) is 11.4. The number of anilines is 1. The van der Waals surface area contributed by atoms with E-state index >= 15 is 0 Å². The Morgan fingerprint density at radius 2 is 1.78 bits per heavy atom. The molecule has 0 spiro atoms. The molecule has 3 aromatic heterocycles. The molecule has 6 rings (SSSR count). The third-order valence-corrected chi connectivity index (χ3v) is 9.61. The lowest BCUT2D eigenvalue weighted by atomic mass is 9.97. The van der Waals surface area contributed by atoms with Gasteiger partial charge in [0.1, 0.15) is 5.82 Å². The van der Waals surface area contributed by atoms with E-state index in [0.717, 1.165) is 66.7 Å². The van der Waals surface area contributed by atoms with Crippen LogP contribution in [0.1, 0.15) is 47.2 Å². The van der Waals surface area contributed by atoms with Gasteiger partial charge >= 0.3 is 0 Å². The zero-order valence-corrected chi connectivity index (χ0v) is 30.2. The van der Waals surface area contributed by atoms with Crippen molar-refractivity contribution in [3.8, 4) is 23.1 Å². The van der Waals surface area contributed by atoms with Crippen molar-refractivity contribution in [2.24, 2.45) is 13.0 Å². The molecule has 272 valence electrons. The van der Waals surface area contributed by atoms with Gasteiger partial charge in [-0.1, -0.05) is 0 Å². The highest BCUT2D eigenvalue weighted by atomic mass is 16.5. The molecule has 1 unspecified atom stereocenters. The van der Waals surface area contributed by atoms with Crippen molar-refractivity contribution < 1.29 is 28.5 Å². The maximum Gasteiger partial charge on any atom is 0.254 e. The predicted molar refractivity (Wildman–Crippen MR) is 193 cm³/mol. The van der Waals surface area contributed by atoms with Crippen molar-refractivity contribution in [3.05, 3.63) is 59.5 Å². The largest absolute Gasteiger partial charge is 0.493 e. The number of carbonyl (C=O) groups excluding carboxylic acids is 2. The molecule has 2 amide bonds. The van der Waals surface area contributed by atoms with Gasteiger partial charge in [0.15, 0.2) is 11.5 Å². The maximum absolute atomic E-state index is 13.7. The van der Waals surface area contributed by atoms with Gasteiger partial charge in [-0.15, -0.1) is 0 Å². The van der Waals surface area contributed by atoms with Crippen LogP contribution in [-0.4, -0.2) is 109 Å². The number of nitrogens with zero attached hydrogens (tertiary/aromatic N) is 7. The minimum atomic E-state index is -0.226. The highest BCUT2D eigenvalue weighted by Gasteiger charge is 2.28. The molecule has 2 aliphatic rings. The fourth-order valence-corrected chi connectivity index (χ4v) is 7.12. The van der Waals surface area contributed by atoms with E-state index in [9.17, 15) is 9.59 Å². The lowest BCUT2D eigenvalue weighted by Crippen LogP contribution is -2.45. The van der Waals surface area contributed by atoms with Crippen LogP contribution in [0.4, 0.5) is 5.82 Å². The first-order valence-electron chi connectivity index (χ1n) is 17.4. The lowest BCUT2D eigenvalue weighted by Gasteiger charge is -2.36. The monoisotopic (exact) mass is 700 g/mol. The molecule has 4 aromatic rings. The van der Waals surface area contributed by atoms with Gasteiger partial charge in [-0.3, -0.25) is 19.2 Å². The molecule has 0 saturated carbocycles. The Morgan fingerprint density at radius 1 is 0.961 bits per heavy atom. The number of carbonyl (C=O) groups is 2. The van der Waals surface area contributed by atoms with Crippen molar-refractivity contribution >= 4 is 28.5 Å². The molecule has 1 aromatic carbocycles. The molecular weight excluding hydrogens is 652 g/mol. The van der Waals surface area contributed by atoms with Crippen LogP contribution in [0.2, 0.25) is 0 Å². The Morgan fingerprint density at radius 3 is 2.53 bits per heavy atom. The molecule has 1 saturated heterocycles. The summed E-state index contributed by atoms with van der Waals surface area (Å²) < 4.78 is 24.4. The molecule has 5 heterocycles. The van der Waals surface area contributed by atoms with Crippen LogP contribution >= 0.6 is 0 Å². The Bertz CT molecular complexity index is 1850. The van der Waals surface area contributed by atoms with E-state index in [1.807, 2.05) is 30.2 Å². The molecule has 1 fully saturated rings. The van der Waals surface area contributed by atoms with Gasteiger partial charge in [0.05, 0.1) is 46.7 Å². The molecule has 0 aliphatic carbocycles. The van der Waals surface area contributed by atoms with Gasteiger partial charge < -0.3 is 34.1 Å². The molecule has 1 atom stereocenters. The van der Waals surface area contributed by atoms with Crippen molar-refractivity contribution in [1.29, 1.82) is 0 Å². The summed E-state index contributed by atoms with van der Waals surface area (Å²) in [5.74, 6) is 2.72. The summed E-state index contributed by atoms with van der Waals surface area (Å²) in [7, 11) is 8.28. The van der Waals surface area contributed by atoms with Gasteiger partial charge in [0.25, 0.3) is 5.91 Å². The molecule has 14 nitrogen and oxygen atoms in total. The van der Waals surface area contributed by atoms with Crippen molar-refractivity contribution in [1.82, 2.24) is 34.9 Å². The second-order valence-electron chi connectivity index (χ2n) is 13.2. The number of aromatic nitrogens is 4. The average Bonchev–Trinajstić information content (AvgIpc) is 3.57. The van der Waals surface area contributed by atoms with Crippen LogP contribution in [-0.2, 0) is 24.9 Å². The van der Waals surface area contributed by atoms with E-state index in [0.29, 0.717) is 61.3 Å². The third-order valence-electron chi connectivity index (χ3n) is 9.61. The summed E-state index contributed by atoms with van der Waals surface area (Å²) in [6.07, 6.45) is 8.92. The Balaban J connectivity index is 1.37. The van der Waals surface area contributed by atoms with Crippen LogP contribution in [0.25, 0.3) is 10.9 Å². The highest BCUT2D eigenvalue weighted by molar-refractivity contribution is 5.96. The molecule has 2 bridgehead atoms. The predicted octanol–water partition coefficient (Wildman–Crippen LogP) is 3.67. The van der Waals surface area contributed by atoms with Crippen LogP contribution in [0, 0.1) is 5.92 Å². The van der Waals surface area contributed by atoms with E-state index in [-0.39, 0.29) is 24.3 Å². The number of methoxy groups -OCH3 is 4. The molecule has 14 heteroatoms. The first-order valence-corrected chi connectivity index (χ1v) is 17.4. The highest BCUT2D eigenvalue weighted by Crippen LogP contribution is 2.44. The number of rotatable bonds is 7. The number of ether oxygens (including phenoxy) is 4. The lowest BCUT2D eigenvalue weighted by molar-refractivity contribution is -0.122. The van der Waals surface area contributed by atoms with E-state index in [4.69, 9.17) is 23.9 Å². The molecule has 51 heavy (non-hydrogen) atoms. The summed E-state index contributed by atoms with van der Waals surface area (Å²) >= 11 is 0. The minimum Gasteiger partial charge on any atom is -0.493 e. The average molecular weight is 701 g/mol. The summed E-state index contributed by atoms with van der Waals surface area (Å²) in [6.45, 7) is 4.55. The van der Waals surface area contributed by atoms with Gasteiger partial charge in [0.2, 0.25) is 17.5 Å². The number of piperidine rings is 1. The van der Waals surface area contributed by atoms with Gasteiger partial charge in [-0.2, -0.15) is 5.10 Å². The number of hydrogen-bond acceptors (Lipinski definition) is 11. The summed E-state index contributed by atoms with van der Waals surface area (Å²) in [4.78, 5) is 42.9. The van der Waals surface area contributed by atoms with Crippen LogP contribution in [0.15, 0.2) is 42.9 Å². The minimum absolute atomic E-state index is 0.0250. The van der Waals surface area contributed by atoms with E-state index in [1.54, 1.807) is 44.6 Å². The van der Waals surface area contributed by atoms with Gasteiger partial charge in [-0.05, 0) is 50.3 Å². The number of nitrogens with one attached hydrogen (secondary N) is 1. The summed E-state index contributed by atoms with van der Waals surface area (Å²) in [5.41, 5.74) is 3.36. The topological polar surface area (TPSA) is 136 Å². The molecule has 1 N–H and O–H groups in total. The first kappa shape index (κ1) is 35.7. The van der Waals surface area contributed by atoms with Crippen molar-refractivity contribution in [2.45, 2.75) is 38.8 Å². The normalized spacial score (nSPS) is 17.8. The molecular formula is C37H48N8O6. The number of pyridine rings is 2. The fourth-order valence-electron chi connectivity index (χ4n) is 7.12. The second kappa shape index (κ2) is 16.3. The number of amides is 2. The number of hydrogen-bond donors (Lipinski definition) is 1. The van der Waals surface area contributed by atoms with E-state index in [1.165, 1.54) is 7.11 Å². The molecule has 0 radical (unpaired) electrons. The number of benzene rings is 1. The van der Waals surface area contributed by atoms with Crippen molar-refractivity contribution in [3.63, 3.8) is 0 Å². The second-order valence-corrected chi connectivity index (χ2v) is 13.2.